The summed E-state index contributed by atoms with van der Waals surface area (Å²) >= 11 is 1.38. The highest BCUT2D eigenvalue weighted by Gasteiger charge is 2.26. The van der Waals surface area contributed by atoms with Crippen molar-refractivity contribution in [2.24, 2.45) is 0 Å². The normalized spacial score (nSPS) is 17.0. The van der Waals surface area contributed by atoms with E-state index in [1.54, 1.807) is 11.1 Å². The van der Waals surface area contributed by atoms with E-state index in [4.69, 9.17) is 14.7 Å². The Kier molecular flexibility index (Phi) is 4.92. The maximum Gasteiger partial charge on any atom is 0.264 e. The second-order valence-corrected chi connectivity index (χ2v) is 9.06. The van der Waals surface area contributed by atoms with Gasteiger partial charge in [-0.05, 0) is 12.1 Å². The van der Waals surface area contributed by atoms with Gasteiger partial charge in [0.25, 0.3) is 5.91 Å². The highest BCUT2D eigenvalue weighted by atomic mass is 32.1. The van der Waals surface area contributed by atoms with E-state index in [9.17, 15) is 9.59 Å². The van der Waals surface area contributed by atoms with Crippen LogP contribution in [0.25, 0.3) is 32.5 Å². The zero-order valence-corrected chi connectivity index (χ0v) is 18.5. The number of aromatic nitrogens is 4. The second-order valence-electron chi connectivity index (χ2n) is 8.01. The molecule has 168 valence electrons. The highest BCUT2D eigenvalue weighted by Crippen LogP contribution is 2.36. The molecule has 0 spiro atoms. The number of nitrogens with zero attached hydrogens (tertiary/aromatic N) is 5. The average Bonchev–Trinajstić information content (AvgIpc) is 3.50. The van der Waals surface area contributed by atoms with Crippen molar-refractivity contribution in [3.63, 3.8) is 0 Å². The predicted molar refractivity (Wildman–Crippen MR) is 124 cm³/mol. The number of thiophene rings is 1. The molecule has 5 heterocycles. The van der Waals surface area contributed by atoms with Crippen LogP contribution in [0.4, 0.5) is 5.82 Å². The molecule has 1 aromatic carbocycles. The summed E-state index contributed by atoms with van der Waals surface area (Å²) < 4.78 is 6.40. The summed E-state index contributed by atoms with van der Waals surface area (Å²) in [5.41, 5.74) is 2.51. The van der Waals surface area contributed by atoms with E-state index in [1.807, 2.05) is 24.3 Å². The summed E-state index contributed by atoms with van der Waals surface area (Å²) in [6.07, 6.45) is 1.77. The van der Waals surface area contributed by atoms with Gasteiger partial charge in [-0.15, -0.1) is 11.3 Å². The number of hydrogen-bond donors (Lipinski definition) is 2. The second kappa shape index (κ2) is 8.09. The number of nitrogens with one attached hydrogen (secondary N) is 2. The molecular formula is C22H21N7O3S. The van der Waals surface area contributed by atoms with Crippen LogP contribution in [0.5, 0.6) is 0 Å². The Morgan fingerprint density at radius 3 is 2.88 bits per heavy atom. The third kappa shape index (κ3) is 3.58. The van der Waals surface area contributed by atoms with Crippen molar-refractivity contribution in [2.75, 3.05) is 50.8 Å². The largest absolute Gasteiger partial charge is 0.378 e. The molecule has 2 aliphatic heterocycles. The van der Waals surface area contributed by atoms with E-state index >= 15 is 0 Å². The first-order valence-corrected chi connectivity index (χ1v) is 11.6. The number of morpholine rings is 1. The third-order valence-electron chi connectivity index (χ3n) is 5.93. The van der Waals surface area contributed by atoms with Gasteiger partial charge >= 0.3 is 0 Å². The van der Waals surface area contributed by atoms with E-state index in [0.717, 1.165) is 45.6 Å². The van der Waals surface area contributed by atoms with Gasteiger partial charge in [-0.1, -0.05) is 12.1 Å². The third-order valence-corrected chi connectivity index (χ3v) is 7.03. The SMILES string of the molecule is O=C1CN(C(=O)c2cc3nc(-c4cccc5[nH]ncc45)nc(N4CCOCC4)c3s2)CCN1. The molecule has 10 nitrogen and oxygen atoms in total. The summed E-state index contributed by atoms with van der Waals surface area (Å²) in [7, 11) is 0. The number of H-pyrrole nitrogens is 1. The lowest BCUT2D eigenvalue weighted by atomic mass is 10.1. The highest BCUT2D eigenvalue weighted by molar-refractivity contribution is 7.21. The smallest absolute Gasteiger partial charge is 0.264 e. The number of anilines is 1. The van der Waals surface area contributed by atoms with Crippen molar-refractivity contribution in [2.45, 2.75) is 0 Å². The summed E-state index contributed by atoms with van der Waals surface area (Å²) in [4.78, 5) is 39.1. The molecule has 11 heteroatoms. The number of ether oxygens (including phenoxy) is 1. The summed E-state index contributed by atoms with van der Waals surface area (Å²) in [5.74, 6) is 1.10. The number of hydrogen-bond acceptors (Lipinski definition) is 8. The summed E-state index contributed by atoms with van der Waals surface area (Å²) in [6.45, 7) is 3.71. The lowest BCUT2D eigenvalue weighted by Gasteiger charge is -2.28. The number of rotatable bonds is 3. The molecular weight excluding hydrogens is 442 g/mol. The first kappa shape index (κ1) is 20.1. The Balaban J connectivity index is 1.48. The van der Waals surface area contributed by atoms with Crippen molar-refractivity contribution in [1.29, 1.82) is 0 Å². The maximum atomic E-state index is 13.2. The summed E-state index contributed by atoms with van der Waals surface area (Å²) in [6, 6.07) is 7.71. The lowest BCUT2D eigenvalue weighted by Crippen LogP contribution is -2.49. The van der Waals surface area contributed by atoms with Crippen LogP contribution < -0.4 is 10.2 Å². The minimum atomic E-state index is -0.153. The molecule has 2 amide bonds. The molecule has 0 unspecified atom stereocenters. The monoisotopic (exact) mass is 463 g/mol. The first-order chi connectivity index (χ1) is 16.2. The van der Waals surface area contributed by atoms with Crippen LogP contribution in [-0.4, -0.2) is 82.8 Å². The number of fused-ring (bicyclic) bond motifs is 2. The van der Waals surface area contributed by atoms with Crippen LogP contribution in [0, 0.1) is 0 Å². The van der Waals surface area contributed by atoms with Gasteiger partial charge in [-0.25, -0.2) is 9.97 Å². The minimum Gasteiger partial charge on any atom is -0.378 e. The van der Waals surface area contributed by atoms with Gasteiger partial charge in [0.2, 0.25) is 5.91 Å². The zero-order chi connectivity index (χ0) is 22.4. The Hall–Kier alpha value is -3.57. The fraction of sp³-hybridized carbons (Fsp3) is 0.318. The molecule has 0 saturated carbocycles. The maximum absolute atomic E-state index is 13.2. The van der Waals surface area contributed by atoms with Gasteiger partial charge in [0, 0.05) is 37.1 Å². The number of carbonyl (C=O) groups excluding carboxylic acids is 2. The van der Waals surface area contributed by atoms with Crippen molar-refractivity contribution in [3.8, 4) is 11.4 Å². The Bertz CT molecular complexity index is 1380. The molecule has 6 rings (SSSR count). The van der Waals surface area contributed by atoms with Crippen molar-refractivity contribution < 1.29 is 14.3 Å². The van der Waals surface area contributed by atoms with E-state index in [0.29, 0.717) is 37.0 Å². The molecule has 2 fully saturated rings. The van der Waals surface area contributed by atoms with E-state index in [-0.39, 0.29) is 18.4 Å². The number of aromatic amines is 1. The van der Waals surface area contributed by atoms with Gasteiger partial charge in [-0.3, -0.25) is 14.7 Å². The fourth-order valence-electron chi connectivity index (χ4n) is 4.26. The first-order valence-electron chi connectivity index (χ1n) is 10.8. The molecule has 2 saturated heterocycles. The van der Waals surface area contributed by atoms with Crippen LogP contribution in [0.15, 0.2) is 30.5 Å². The number of benzene rings is 1. The molecule has 0 aliphatic carbocycles. The van der Waals surface area contributed by atoms with Crippen LogP contribution >= 0.6 is 11.3 Å². The van der Waals surface area contributed by atoms with E-state index in [2.05, 4.69) is 20.4 Å². The molecule has 33 heavy (non-hydrogen) atoms. The van der Waals surface area contributed by atoms with Crippen molar-refractivity contribution in [1.82, 2.24) is 30.4 Å². The van der Waals surface area contributed by atoms with Gasteiger partial charge in [0.15, 0.2) is 11.6 Å². The zero-order valence-electron chi connectivity index (χ0n) is 17.7. The number of piperazine rings is 1. The summed E-state index contributed by atoms with van der Waals surface area (Å²) in [5, 5.41) is 10.8. The predicted octanol–water partition coefficient (Wildman–Crippen LogP) is 1.64. The molecule has 0 atom stereocenters. The van der Waals surface area contributed by atoms with Crippen LogP contribution in [0.2, 0.25) is 0 Å². The van der Waals surface area contributed by atoms with Gasteiger partial charge in [0.1, 0.15) is 0 Å². The van der Waals surface area contributed by atoms with Gasteiger partial charge in [-0.2, -0.15) is 5.10 Å². The quantitative estimate of drug-likeness (QED) is 0.474. The Morgan fingerprint density at radius 1 is 1.15 bits per heavy atom. The minimum absolute atomic E-state index is 0.0722. The molecule has 4 aromatic rings. The molecule has 0 radical (unpaired) electrons. The number of amides is 2. The van der Waals surface area contributed by atoms with E-state index < -0.39 is 0 Å². The van der Waals surface area contributed by atoms with Crippen LogP contribution in [-0.2, 0) is 9.53 Å². The Morgan fingerprint density at radius 2 is 2.03 bits per heavy atom. The van der Waals surface area contributed by atoms with Gasteiger partial charge in [0.05, 0.1) is 46.6 Å². The fourth-order valence-corrected chi connectivity index (χ4v) is 5.34. The molecule has 3 aromatic heterocycles. The standard InChI is InChI=1S/C22H21N7O3S/c30-18-12-29(5-4-23-18)22(31)17-10-16-19(33-17)21(28-6-8-32-9-7-28)26-20(25-16)13-2-1-3-15-14(13)11-24-27-15/h1-3,10-11H,4-9,12H2,(H,23,30)(H,24,27). The van der Waals surface area contributed by atoms with Crippen LogP contribution in [0.1, 0.15) is 9.67 Å². The van der Waals surface area contributed by atoms with Crippen molar-refractivity contribution in [3.05, 3.63) is 35.3 Å². The number of carbonyl (C=O) groups is 2. The molecule has 0 bridgehead atoms. The van der Waals surface area contributed by atoms with Crippen LogP contribution in [0.3, 0.4) is 0 Å². The molecule has 2 N–H and O–H groups in total. The lowest BCUT2D eigenvalue weighted by molar-refractivity contribution is -0.123. The average molecular weight is 464 g/mol. The molecule has 2 aliphatic rings. The van der Waals surface area contributed by atoms with Gasteiger partial charge < -0.3 is 19.9 Å². The Labute approximate surface area is 192 Å². The van der Waals surface area contributed by atoms with Crippen molar-refractivity contribution >= 4 is 50.1 Å². The van der Waals surface area contributed by atoms with E-state index in [1.165, 1.54) is 11.3 Å². The topological polar surface area (TPSA) is 116 Å².